The van der Waals surface area contributed by atoms with E-state index in [0.29, 0.717) is 11.5 Å². The van der Waals surface area contributed by atoms with Crippen molar-refractivity contribution in [3.05, 3.63) is 0 Å². The van der Waals surface area contributed by atoms with Crippen LogP contribution in [0.3, 0.4) is 0 Å². The lowest BCUT2D eigenvalue weighted by atomic mass is 10.6. The van der Waals surface area contributed by atoms with Crippen LogP contribution in [0, 0.1) is 0 Å². The Kier molecular flexibility index (Phi) is 4.07. The number of hydrogen-bond acceptors (Lipinski definition) is 5. The Morgan fingerprint density at radius 3 is 2.40 bits per heavy atom. The monoisotopic (exact) mass is 273 g/mol. The number of thioether (sulfide) groups is 1. The second kappa shape index (κ2) is 4.60. The molecule has 1 saturated heterocycles. The van der Waals surface area contributed by atoms with Crippen molar-refractivity contribution in [2.75, 3.05) is 30.1 Å². The molecule has 5 nitrogen and oxygen atoms in total. The molecule has 0 N–H and O–H groups in total. The van der Waals surface area contributed by atoms with Gasteiger partial charge in [0.1, 0.15) is 5.37 Å². The van der Waals surface area contributed by atoms with Gasteiger partial charge in [-0.25, -0.2) is 16.8 Å². The van der Waals surface area contributed by atoms with E-state index < -0.39 is 25.2 Å². The highest BCUT2D eigenvalue weighted by Crippen LogP contribution is 2.23. The van der Waals surface area contributed by atoms with Crippen LogP contribution in [0.2, 0.25) is 0 Å². The molecule has 1 fully saturated rings. The van der Waals surface area contributed by atoms with E-state index in [0.717, 1.165) is 10.6 Å². The van der Waals surface area contributed by atoms with Crippen molar-refractivity contribution >= 4 is 31.6 Å². The van der Waals surface area contributed by atoms with Crippen LogP contribution in [0.25, 0.3) is 0 Å². The molecule has 0 aliphatic carbocycles. The summed E-state index contributed by atoms with van der Waals surface area (Å²) in [5.41, 5.74) is 0. The van der Waals surface area contributed by atoms with Gasteiger partial charge in [0, 0.05) is 23.8 Å². The Balaban J connectivity index is 3.05. The van der Waals surface area contributed by atoms with Gasteiger partial charge in [-0.2, -0.15) is 16.1 Å². The van der Waals surface area contributed by atoms with Crippen molar-refractivity contribution in [2.45, 2.75) is 12.3 Å². The van der Waals surface area contributed by atoms with Gasteiger partial charge in [-0.05, 0) is 0 Å². The third kappa shape index (κ3) is 3.08. The van der Waals surface area contributed by atoms with E-state index in [9.17, 15) is 16.8 Å². The SMILES string of the molecule is CCS(=O)(=O)C1CSCCN1S(C)(=O)=O. The van der Waals surface area contributed by atoms with Gasteiger partial charge in [0.25, 0.3) is 0 Å². The Morgan fingerprint density at radius 1 is 1.33 bits per heavy atom. The Labute approximate surface area is 95.2 Å². The molecule has 1 heterocycles. The molecule has 0 aromatic rings. The highest BCUT2D eigenvalue weighted by atomic mass is 32.2. The molecule has 90 valence electrons. The predicted octanol–water partition coefficient (Wildman–Crippen LogP) is -0.244. The van der Waals surface area contributed by atoms with Gasteiger partial charge in [0.2, 0.25) is 10.0 Å². The summed E-state index contributed by atoms with van der Waals surface area (Å²) in [5, 5.41) is -0.878. The summed E-state index contributed by atoms with van der Waals surface area (Å²) in [6, 6.07) is 0. The maximum absolute atomic E-state index is 11.7. The highest BCUT2D eigenvalue weighted by molar-refractivity contribution is 8.01. The van der Waals surface area contributed by atoms with E-state index in [1.54, 1.807) is 0 Å². The van der Waals surface area contributed by atoms with Crippen LogP contribution in [-0.2, 0) is 19.9 Å². The summed E-state index contributed by atoms with van der Waals surface area (Å²) in [6.45, 7) is 1.82. The molecule has 0 aromatic heterocycles. The van der Waals surface area contributed by atoms with Crippen molar-refractivity contribution in [1.29, 1.82) is 0 Å². The summed E-state index contributed by atoms with van der Waals surface area (Å²) in [4.78, 5) is 0. The lowest BCUT2D eigenvalue weighted by Gasteiger charge is -2.32. The Morgan fingerprint density at radius 2 is 1.93 bits per heavy atom. The van der Waals surface area contributed by atoms with Crippen LogP contribution in [-0.4, -0.2) is 56.6 Å². The normalized spacial score (nSPS) is 25.3. The molecule has 1 unspecified atom stereocenters. The minimum Gasteiger partial charge on any atom is -0.227 e. The fourth-order valence-corrected chi connectivity index (χ4v) is 6.26. The molecule has 0 saturated carbocycles. The number of rotatable bonds is 3. The van der Waals surface area contributed by atoms with Gasteiger partial charge < -0.3 is 0 Å². The van der Waals surface area contributed by atoms with E-state index in [1.807, 2.05) is 0 Å². The molecule has 1 aliphatic rings. The lowest BCUT2D eigenvalue weighted by Crippen LogP contribution is -2.50. The molecular formula is C7H15NO4S3. The topological polar surface area (TPSA) is 71.5 Å². The van der Waals surface area contributed by atoms with Crippen LogP contribution in [0.1, 0.15) is 6.92 Å². The van der Waals surface area contributed by atoms with Gasteiger partial charge in [-0.3, -0.25) is 0 Å². The first-order valence-electron chi connectivity index (χ1n) is 4.55. The minimum atomic E-state index is -3.43. The third-order valence-corrected chi connectivity index (χ3v) is 6.99. The van der Waals surface area contributed by atoms with Gasteiger partial charge in [-0.15, -0.1) is 0 Å². The molecule has 0 bridgehead atoms. The lowest BCUT2D eigenvalue weighted by molar-refractivity contribution is 0.407. The average molecular weight is 273 g/mol. The maximum Gasteiger partial charge on any atom is 0.212 e. The zero-order valence-corrected chi connectivity index (χ0v) is 11.2. The van der Waals surface area contributed by atoms with Crippen molar-refractivity contribution in [1.82, 2.24) is 4.31 Å². The van der Waals surface area contributed by atoms with Gasteiger partial charge in [-0.1, -0.05) is 6.92 Å². The van der Waals surface area contributed by atoms with Crippen molar-refractivity contribution in [3.63, 3.8) is 0 Å². The minimum absolute atomic E-state index is 0.0236. The fraction of sp³-hybridized carbons (Fsp3) is 1.00. The molecule has 0 radical (unpaired) electrons. The molecule has 0 spiro atoms. The Hall–Kier alpha value is 0.210. The van der Waals surface area contributed by atoms with Crippen LogP contribution < -0.4 is 0 Å². The van der Waals surface area contributed by atoms with Crippen LogP contribution in [0.5, 0.6) is 0 Å². The van der Waals surface area contributed by atoms with Gasteiger partial charge in [0.05, 0.1) is 6.26 Å². The number of sulfonamides is 1. The van der Waals surface area contributed by atoms with E-state index in [4.69, 9.17) is 0 Å². The van der Waals surface area contributed by atoms with E-state index in [1.165, 1.54) is 18.7 Å². The predicted molar refractivity (Wildman–Crippen MR) is 62.1 cm³/mol. The summed E-state index contributed by atoms with van der Waals surface area (Å²) in [6.07, 6.45) is 1.06. The summed E-state index contributed by atoms with van der Waals surface area (Å²) in [5.74, 6) is 0.969. The smallest absolute Gasteiger partial charge is 0.212 e. The Bertz CT molecular complexity index is 414. The van der Waals surface area contributed by atoms with Crippen LogP contribution in [0.4, 0.5) is 0 Å². The van der Waals surface area contributed by atoms with Gasteiger partial charge in [0.15, 0.2) is 9.84 Å². The zero-order chi connectivity index (χ0) is 11.7. The second-order valence-electron chi connectivity index (χ2n) is 3.35. The molecule has 1 aliphatic heterocycles. The molecule has 0 amide bonds. The largest absolute Gasteiger partial charge is 0.227 e. The standard InChI is InChI=1S/C7H15NO4S3/c1-3-15(11,12)7-6-13-5-4-8(7)14(2,9)10/h7H,3-6H2,1-2H3. The van der Waals surface area contributed by atoms with Crippen LogP contribution in [0.15, 0.2) is 0 Å². The van der Waals surface area contributed by atoms with Crippen LogP contribution >= 0.6 is 11.8 Å². The van der Waals surface area contributed by atoms with Crippen molar-refractivity contribution in [2.24, 2.45) is 0 Å². The quantitative estimate of drug-likeness (QED) is 0.709. The highest BCUT2D eigenvalue weighted by Gasteiger charge is 2.37. The van der Waals surface area contributed by atoms with Crippen molar-refractivity contribution in [3.8, 4) is 0 Å². The molecule has 15 heavy (non-hydrogen) atoms. The maximum atomic E-state index is 11.7. The number of nitrogens with zero attached hydrogens (tertiary/aromatic N) is 1. The average Bonchev–Trinajstić information content (AvgIpc) is 2.16. The number of hydrogen-bond donors (Lipinski definition) is 0. The first-order valence-corrected chi connectivity index (χ1v) is 9.27. The summed E-state index contributed by atoms with van der Waals surface area (Å²) >= 11 is 1.48. The molecular weight excluding hydrogens is 258 g/mol. The third-order valence-electron chi connectivity index (χ3n) is 2.28. The number of sulfone groups is 1. The molecule has 1 rings (SSSR count). The zero-order valence-electron chi connectivity index (χ0n) is 8.71. The van der Waals surface area contributed by atoms with Crippen molar-refractivity contribution < 1.29 is 16.8 Å². The van der Waals surface area contributed by atoms with E-state index in [2.05, 4.69) is 0 Å². The van der Waals surface area contributed by atoms with E-state index >= 15 is 0 Å². The molecule has 8 heteroatoms. The first kappa shape index (κ1) is 13.3. The van der Waals surface area contributed by atoms with E-state index in [-0.39, 0.29) is 12.3 Å². The summed E-state index contributed by atoms with van der Waals surface area (Å²) in [7, 11) is -6.76. The van der Waals surface area contributed by atoms with Gasteiger partial charge >= 0.3 is 0 Å². The summed E-state index contributed by atoms with van der Waals surface area (Å²) < 4.78 is 47.3. The fourth-order valence-electron chi connectivity index (χ4n) is 1.42. The molecule has 0 aromatic carbocycles. The first-order chi connectivity index (χ1) is 6.79. The second-order valence-corrected chi connectivity index (χ2v) is 8.89. The molecule has 1 atom stereocenters.